The SMILES string of the molecule is CCCCCCCCCCCCCCc1ccc(OCOC(=O)C[N+](C)(C)Cc2ccccc2)cc1. The Morgan fingerprint density at radius 3 is 1.83 bits per heavy atom. The molecule has 2 rings (SSSR count). The number of hydrogen-bond donors (Lipinski definition) is 0. The molecule has 2 aromatic rings. The van der Waals surface area contributed by atoms with Gasteiger partial charge in [0.1, 0.15) is 12.3 Å². The van der Waals surface area contributed by atoms with Gasteiger partial charge in [-0.15, -0.1) is 0 Å². The number of hydrogen-bond acceptors (Lipinski definition) is 3. The highest BCUT2D eigenvalue weighted by molar-refractivity contribution is 5.70. The first-order chi connectivity index (χ1) is 17.5. The van der Waals surface area contributed by atoms with Crippen molar-refractivity contribution in [3.8, 4) is 5.75 Å². The van der Waals surface area contributed by atoms with Crippen molar-refractivity contribution in [3.63, 3.8) is 0 Å². The van der Waals surface area contributed by atoms with Gasteiger partial charge in [-0.2, -0.15) is 0 Å². The number of ether oxygens (including phenoxy) is 2. The molecule has 0 atom stereocenters. The van der Waals surface area contributed by atoms with E-state index in [1.165, 1.54) is 88.2 Å². The molecule has 0 saturated heterocycles. The van der Waals surface area contributed by atoms with Crippen molar-refractivity contribution in [3.05, 3.63) is 65.7 Å². The van der Waals surface area contributed by atoms with Crippen molar-refractivity contribution in [1.29, 1.82) is 0 Å². The maximum atomic E-state index is 12.3. The number of quaternary nitrogens is 1. The monoisotopic (exact) mass is 496 g/mol. The van der Waals surface area contributed by atoms with E-state index in [4.69, 9.17) is 9.47 Å². The van der Waals surface area contributed by atoms with Crippen LogP contribution >= 0.6 is 0 Å². The van der Waals surface area contributed by atoms with Crippen LogP contribution in [0.25, 0.3) is 0 Å². The maximum Gasteiger partial charge on any atom is 0.364 e. The third kappa shape index (κ3) is 14.3. The topological polar surface area (TPSA) is 35.5 Å². The van der Waals surface area contributed by atoms with Gasteiger partial charge in [-0.05, 0) is 30.5 Å². The molecule has 200 valence electrons. The molecule has 0 aromatic heterocycles. The first-order valence-corrected chi connectivity index (χ1v) is 14.2. The fourth-order valence-corrected chi connectivity index (χ4v) is 4.61. The van der Waals surface area contributed by atoms with Gasteiger partial charge in [-0.25, -0.2) is 4.79 Å². The number of unbranched alkanes of at least 4 members (excludes halogenated alkanes) is 11. The van der Waals surface area contributed by atoms with E-state index in [1.54, 1.807) is 0 Å². The zero-order valence-corrected chi connectivity index (χ0v) is 23.2. The van der Waals surface area contributed by atoms with Crippen LogP contribution in [0.2, 0.25) is 0 Å². The summed E-state index contributed by atoms with van der Waals surface area (Å²) in [5.41, 5.74) is 2.54. The third-order valence-corrected chi connectivity index (χ3v) is 6.70. The summed E-state index contributed by atoms with van der Waals surface area (Å²) in [5.74, 6) is 0.485. The summed E-state index contributed by atoms with van der Waals surface area (Å²) in [6.45, 7) is 3.30. The van der Waals surface area contributed by atoms with Crippen LogP contribution in [0.5, 0.6) is 5.75 Å². The zero-order chi connectivity index (χ0) is 25.9. The molecule has 0 fully saturated rings. The van der Waals surface area contributed by atoms with Crippen molar-refractivity contribution >= 4 is 5.97 Å². The van der Waals surface area contributed by atoms with Gasteiger partial charge in [-0.3, -0.25) is 0 Å². The highest BCUT2D eigenvalue weighted by Crippen LogP contribution is 2.16. The Kier molecular flexibility index (Phi) is 14.9. The molecule has 0 aliphatic carbocycles. The van der Waals surface area contributed by atoms with Crippen LogP contribution in [0.15, 0.2) is 54.6 Å². The lowest BCUT2D eigenvalue weighted by atomic mass is 10.0. The second kappa shape index (κ2) is 18.0. The van der Waals surface area contributed by atoms with Crippen molar-refractivity contribution in [2.45, 2.75) is 96.9 Å². The smallest absolute Gasteiger partial charge is 0.364 e. The first-order valence-electron chi connectivity index (χ1n) is 14.2. The molecule has 0 unspecified atom stereocenters. The number of aryl methyl sites for hydroxylation is 1. The van der Waals surface area contributed by atoms with Gasteiger partial charge in [0.15, 0.2) is 6.54 Å². The van der Waals surface area contributed by atoms with E-state index in [-0.39, 0.29) is 12.8 Å². The predicted molar refractivity (Wildman–Crippen MR) is 150 cm³/mol. The average molecular weight is 497 g/mol. The van der Waals surface area contributed by atoms with Gasteiger partial charge in [0.25, 0.3) is 0 Å². The van der Waals surface area contributed by atoms with E-state index in [9.17, 15) is 4.79 Å². The molecule has 0 heterocycles. The molecule has 0 aliphatic heterocycles. The van der Waals surface area contributed by atoms with E-state index in [0.29, 0.717) is 11.0 Å². The Bertz CT molecular complexity index is 817. The summed E-state index contributed by atoms with van der Waals surface area (Å²) in [6, 6.07) is 18.4. The second-order valence-corrected chi connectivity index (χ2v) is 10.8. The molecule has 4 heteroatoms. The van der Waals surface area contributed by atoms with Gasteiger partial charge >= 0.3 is 5.97 Å². The second-order valence-electron chi connectivity index (χ2n) is 10.8. The van der Waals surface area contributed by atoms with Gasteiger partial charge in [0, 0.05) is 5.56 Å². The fraction of sp³-hybridized carbons (Fsp3) is 0.594. The Balaban J connectivity index is 1.50. The van der Waals surface area contributed by atoms with Crippen molar-refractivity contribution < 1.29 is 18.8 Å². The summed E-state index contributed by atoms with van der Waals surface area (Å²) in [5, 5.41) is 0. The standard InChI is InChI=1S/C32H50NO3/c1-4-5-6-7-8-9-10-11-12-13-14-16-19-29-22-24-31(25-23-29)35-28-36-32(34)27-33(2,3)26-30-20-17-15-18-21-30/h15,17-18,20-25H,4-14,16,19,26-28H2,1-3H3/q+1. The molecule has 0 bridgehead atoms. The molecular formula is C32H50NO3+. The number of esters is 1. The van der Waals surface area contributed by atoms with Crippen molar-refractivity contribution in [2.75, 3.05) is 27.4 Å². The van der Waals surface area contributed by atoms with E-state index in [0.717, 1.165) is 18.7 Å². The van der Waals surface area contributed by atoms with E-state index in [2.05, 4.69) is 31.2 Å². The molecule has 4 nitrogen and oxygen atoms in total. The number of nitrogens with zero attached hydrogens (tertiary/aromatic N) is 1. The Labute approximate surface area is 220 Å². The molecule has 0 saturated carbocycles. The average Bonchev–Trinajstić information content (AvgIpc) is 2.85. The van der Waals surface area contributed by atoms with E-state index in [1.807, 2.05) is 44.4 Å². The molecule has 0 radical (unpaired) electrons. The van der Waals surface area contributed by atoms with Crippen LogP contribution in [-0.4, -0.2) is 37.9 Å². The summed E-state index contributed by atoms with van der Waals surface area (Å²) in [7, 11) is 4.06. The predicted octanol–water partition coefficient (Wildman–Crippen LogP) is 8.09. The lowest BCUT2D eigenvalue weighted by molar-refractivity contribution is -0.896. The number of benzene rings is 2. The summed E-state index contributed by atoms with van der Waals surface area (Å²) in [6.07, 6.45) is 17.6. The summed E-state index contributed by atoms with van der Waals surface area (Å²) in [4.78, 5) is 12.3. The molecule has 0 N–H and O–H groups in total. The lowest BCUT2D eigenvalue weighted by Crippen LogP contribution is -2.43. The van der Waals surface area contributed by atoms with Crippen LogP contribution in [0, 0.1) is 0 Å². The Morgan fingerprint density at radius 1 is 0.694 bits per heavy atom. The number of carbonyl (C=O) groups excluding carboxylic acids is 1. The minimum Gasteiger partial charge on any atom is -0.457 e. The molecular weight excluding hydrogens is 446 g/mol. The lowest BCUT2D eigenvalue weighted by Gasteiger charge is -2.28. The van der Waals surface area contributed by atoms with Crippen LogP contribution in [0.3, 0.4) is 0 Å². The van der Waals surface area contributed by atoms with Crippen molar-refractivity contribution in [1.82, 2.24) is 0 Å². The first kappa shape index (κ1) is 29.9. The summed E-state index contributed by atoms with van der Waals surface area (Å²) < 4.78 is 11.5. The largest absolute Gasteiger partial charge is 0.457 e. The minimum atomic E-state index is -0.250. The van der Waals surface area contributed by atoms with Crippen LogP contribution in [-0.2, 0) is 22.5 Å². The molecule has 0 aliphatic rings. The quantitative estimate of drug-likeness (QED) is 0.0804. The van der Waals surface area contributed by atoms with Gasteiger partial charge in [-0.1, -0.05) is 120 Å². The van der Waals surface area contributed by atoms with E-state index < -0.39 is 0 Å². The fourth-order valence-electron chi connectivity index (χ4n) is 4.61. The van der Waals surface area contributed by atoms with Crippen LogP contribution in [0.4, 0.5) is 0 Å². The Morgan fingerprint density at radius 2 is 1.25 bits per heavy atom. The van der Waals surface area contributed by atoms with E-state index >= 15 is 0 Å². The maximum absolute atomic E-state index is 12.3. The number of carbonyl (C=O) groups is 1. The third-order valence-electron chi connectivity index (χ3n) is 6.70. The van der Waals surface area contributed by atoms with Crippen LogP contribution in [0.1, 0.15) is 95.1 Å². The molecule has 0 spiro atoms. The molecule has 2 aromatic carbocycles. The Hall–Kier alpha value is -2.33. The number of likely N-dealkylation sites (N-methyl/N-ethyl adjacent to an activating group) is 1. The highest BCUT2D eigenvalue weighted by Gasteiger charge is 2.21. The number of rotatable bonds is 20. The minimum absolute atomic E-state index is 0.0533. The van der Waals surface area contributed by atoms with Crippen molar-refractivity contribution in [2.24, 2.45) is 0 Å². The van der Waals surface area contributed by atoms with Gasteiger partial charge < -0.3 is 14.0 Å². The molecule has 36 heavy (non-hydrogen) atoms. The zero-order valence-electron chi connectivity index (χ0n) is 23.2. The van der Waals surface area contributed by atoms with Gasteiger partial charge in [0.2, 0.25) is 6.79 Å². The molecule has 0 amide bonds. The normalized spacial score (nSPS) is 11.4. The summed E-state index contributed by atoms with van der Waals surface area (Å²) >= 11 is 0. The van der Waals surface area contributed by atoms with Crippen LogP contribution < -0.4 is 4.74 Å². The highest BCUT2D eigenvalue weighted by atomic mass is 16.7. The van der Waals surface area contributed by atoms with Gasteiger partial charge in [0.05, 0.1) is 14.1 Å².